The largest absolute Gasteiger partial charge is 0.463 e. The van der Waals surface area contributed by atoms with Crippen LogP contribution in [-0.4, -0.2) is 0 Å². The summed E-state index contributed by atoms with van der Waals surface area (Å²) < 4.78 is 18.9. The Morgan fingerprint density at radius 1 is 0.774 bits per heavy atom. The van der Waals surface area contributed by atoms with Crippen LogP contribution in [0.3, 0.4) is 0 Å². The molecule has 0 spiro atoms. The van der Waals surface area contributed by atoms with Crippen LogP contribution in [0.25, 0.3) is 0 Å². The molecular weight excluding hydrogens is 403 g/mol. The number of hydrogen-bond acceptors (Lipinski definition) is 3. The lowest BCUT2D eigenvalue weighted by molar-refractivity contribution is 0.230. The van der Waals surface area contributed by atoms with Crippen molar-refractivity contribution in [3.8, 4) is 11.5 Å². The van der Waals surface area contributed by atoms with Crippen LogP contribution in [-0.2, 0) is 27.4 Å². The molecular formula is C27H39O3P. The van der Waals surface area contributed by atoms with E-state index in [2.05, 4.69) is 100 Å². The average molecular weight is 443 g/mol. The summed E-state index contributed by atoms with van der Waals surface area (Å²) in [5.74, 6) is 1.82. The van der Waals surface area contributed by atoms with E-state index in [1.807, 2.05) is 0 Å². The van der Waals surface area contributed by atoms with Gasteiger partial charge in [-0.1, -0.05) is 92.1 Å². The lowest BCUT2D eigenvalue weighted by Gasteiger charge is -2.34. The first kappa shape index (κ1) is 24.1. The normalized spacial score (nSPS) is 17.2. The van der Waals surface area contributed by atoms with Crippen molar-refractivity contribution in [2.45, 2.75) is 99.0 Å². The van der Waals surface area contributed by atoms with Crippen LogP contribution < -0.4 is 9.05 Å². The fourth-order valence-corrected chi connectivity index (χ4v) is 5.04. The van der Waals surface area contributed by atoms with Crippen LogP contribution in [0.1, 0.15) is 95.7 Å². The van der Waals surface area contributed by atoms with Gasteiger partial charge in [0.1, 0.15) is 11.5 Å². The molecule has 1 unspecified atom stereocenters. The molecule has 0 saturated carbocycles. The van der Waals surface area contributed by atoms with Crippen LogP contribution in [0.15, 0.2) is 24.3 Å². The first-order valence-corrected chi connectivity index (χ1v) is 12.3. The highest BCUT2D eigenvalue weighted by atomic mass is 31.2. The Labute approximate surface area is 190 Å². The Morgan fingerprint density at radius 3 is 1.81 bits per heavy atom. The molecule has 170 valence electrons. The van der Waals surface area contributed by atoms with Crippen LogP contribution in [0.5, 0.6) is 11.5 Å². The second-order valence-electron chi connectivity index (χ2n) is 11.9. The summed E-state index contributed by atoms with van der Waals surface area (Å²) in [5.41, 5.74) is 7.06. The molecule has 0 radical (unpaired) electrons. The number of aryl methyl sites for hydroxylation is 2. The highest BCUT2D eigenvalue weighted by molar-refractivity contribution is 7.42. The molecule has 4 heteroatoms. The highest BCUT2D eigenvalue weighted by Gasteiger charge is 2.34. The first-order chi connectivity index (χ1) is 14.1. The fourth-order valence-electron chi connectivity index (χ4n) is 3.90. The zero-order chi connectivity index (χ0) is 23.4. The van der Waals surface area contributed by atoms with E-state index in [1.54, 1.807) is 0 Å². The molecule has 3 rings (SSSR count). The fraction of sp³-hybridized carbons (Fsp3) is 0.556. The molecule has 0 fully saturated rings. The van der Waals surface area contributed by atoms with Gasteiger partial charge in [-0.15, -0.1) is 0 Å². The quantitative estimate of drug-likeness (QED) is 0.437. The van der Waals surface area contributed by atoms with Gasteiger partial charge in [-0.3, -0.25) is 4.52 Å². The van der Waals surface area contributed by atoms with E-state index < -0.39 is 8.60 Å². The molecule has 1 aliphatic heterocycles. The SMILES string of the molecule is Cc1cc(C)c2c(c1)COP(Oc1c(C(C)(C)C)cc(C(C)(C)C)cc1C(C)(C)C)O2. The minimum atomic E-state index is -1.52. The predicted octanol–water partition coefficient (Wildman–Crippen LogP) is 8.41. The lowest BCUT2D eigenvalue weighted by atomic mass is 9.75. The number of rotatable bonds is 2. The number of hydrogen-bond donors (Lipinski definition) is 0. The van der Waals surface area contributed by atoms with Gasteiger partial charge in [0.15, 0.2) is 0 Å². The van der Waals surface area contributed by atoms with E-state index in [-0.39, 0.29) is 16.2 Å². The van der Waals surface area contributed by atoms with Crippen molar-refractivity contribution in [2.24, 2.45) is 0 Å². The van der Waals surface area contributed by atoms with Crippen molar-refractivity contribution in [1.82, 2.24) is 0 Å². The summed E-state index contributed by atoms with van der Waals surface area (Å²) in [6.07, 6.45) is 0. The second kappa shape index (κ2) is 8.09. The first-order valence-electron chi connectivity index (χ1n) is 11.2. The maximum absolute atomic E-state index is 6.60. The molecule has 1 atom stereocenters. The smallest absolute Gasteiger partial charge is 0.417 e. The summed E-state index contributed by atoms with van der Waals surface area (Å²) in [4.78, 5) is 0. The van der Waals surface area contributed by atoms with Crippen LogP contribution >= 0.6 is 8.60 Å². The molecule has 2 aromatic rings. The van der Waals surface area contributed by atoms with Crippen LogP contribution in [0, 0.1) is 13.8 Å². The molecule has 1 aliphatic rings. The van der Waals surface area contributed by atoms with Gasteiger partial charge in [-0.05, 0) is 41.2 Å². The van der Waals surface area contributed by atoms with Gasteiger partial charge in [0.2, 0.25) is 0 Å². The lowest BCUT2D eigenvalue weighted by Crippen LogP contribution is -2.23. The molecule has 0 N–H and O–H groups in total. The standard InChI is InChI=1S/C27H39O3P/c1-17-12-18(2)23-19(13-17)16-28-31(29-23)30-24-21(26(6,7)8)14-20(25(3,4)5)15-22(24)27(9,10)11/h12-15H,16H2,1-11H3. The van der Waals surface area contributed by atoms with Crippen molar-refractivity contribution in [1.29, 1.82) is 0 Å². The van der Waals surface area contributed by atoms with Gasteiger partial charge in [0.05, 0.1) is 6.61 Å². The van der Waals surface area contributed by atoms with Gasteiger partial charge in [0, 0.05) is 16.7 Å². The molecule has 0 amide bonds. The Balaban J connectivity index is 2.09. The molecule has 3 nitrogen and oxygen atoms in total. The van der Waals surface area contributed by atoms with Gasteiger partial charge in [0.25, 0.3) is 0 Å². The highest BCUT2D eigenvalue weighted by Crippen LogP contribution is 2.53. The van der Waals surface area contributed by atoms with Gasteiger partial charge in [-0.2, -0.15) is 0 Å². The van der Waals surface area contributed by atoms with E-state index in [0.717, 1.165) is 22.6 Å². The second-order valence-corrected chi connectivity index (χ2v) is 13.0. The van der Waals surface area contributed by atoms with Crippen molar-refractivity contribution in [2.75, 3.05) is 0 Å². The molecule has 0 bridgehead atoms. The summed E-state index contributed by atoms with van der Waals surface area (Å²) >= 11 is 0. The molecule has 0 saturated heterocycles. The summed E-state index contributed by atoms with van der Waals surface area (Å²) in [5, 5.41) is 0. The number of benzene rings is 2. The Hall–Kier alpha value is -1.57. The third-order valence-electron chi connectivity index (χ3n) is 5.72. The minimum absolute atomic E-state index is 0.0512. The molecule has 2 aromatic carbocycles. The molecule has 1 heterocycles. The monoisotopic (exact) mass is 442 g/mol. The third-order valence-corrected chi connectivity index (χ3v) is 6.73. The third kappa shape index (κ3) is 5.26. The van der Waals surface area contributed by atoms with E-state index in [1.165, 1.54) is 22.3 Å². The summed E-state index contributed by atoms with van der Waals surface area (Å²) in [6, 6.07) is 8.91. The van der Waals surface area contributed by atoms with Crippen LogP contribution in [0.2, 0.25) is 0 Å². The maximum atomic E-state index is 6.60. The van der Waals surface area contributed by atoms with E-state index in [0.29, 0.717) is 6.61 Å². The Kier molecular flexibility index (Phi) is 6.28. The van der Waals surface area contributed by atoms with Crippen molar-refractivity contribution < 1.29 is 13.6 Å². The number of fused-ring (bicyclic) bond motifs is 1. The Morgan fingerprint density at radius 2 is 1.32 bits per heavy atom. The molecule has 0 aliphatic carbocycles. The zero-order valence-corrected chi connectivity index (χ0v) is 22.1. The van der Waals surface area contributed by atoms with E-state index in [4.69, 9.17) is 13.6 Å². The summed E-state index contributed by atoms with van der Waals surface area (Å²) in [7, 11) is -1.52. The van der Waals surface area contributed by atoms with Gasteiger partial charge in [-0.25, -0.2) is 0 Å². The van der Waals surface area contributed by atoms with E-state index >= 15 is 0 Å². The molecule has 31 heavy (non-hydrogen) atoms. The Bertz CT molecular complexity index is 937. The maximum Gasteiger partial charge on any atom is 0.463 e. The minimum Gasteiger partial charge on any atom is -0.417 e. The topological polar surface area (TPSA) is 27.7 Å². The zero-order valence-electron chi connectivity index (χ0n) is 21.2. The van der Waals surface area contributed by atoms with E-state index in [9.17, 15) is 0 Å². The average Bonchev–Trinajstić information content (AvgIpc) is 2.59. The van der Waals surface area contributed by atoms with Crippen molar-refractivity contribution >= 4 is 8.60 Å². The van der Waals surface area contributed by atoms with Crippen molar-refractivity contribution in [3.63, 3.8) is 0 Å². The van der Waals surface area contributed by atoms with Crippen LogP contribution in [0.4, 0.5) is 0 Å². The van der Waals surface area contributed by atoms with Gasteiger partial charge < -0.3 is 9.05 Å². The van der Waals surface area contributed by atoms with Crippen molar-refractivity contribution in [3.05, 3.63) is 57.6 Å². The summed E-state index contributed by atoms with van der Waals surface area (Å²) in [6.45, 7) is 24.9. The molecule has 0 aromatic heterocycles. The predicted molar refractivity (Wildman–Crippen MR) is 131 cm³/mol. The van der Waals surface area contributed by atoms with Gasteiger partial charge >= 0.3 is 8.60 Å².